The van der Waals surface area contributed by atoms with Gasteiger partial charge in [0.15, 0.2) is 0 Å². The largest absolute Gasteiger partial charge is 0.480 e. The molecule has 1 N–H and O–H groups in total. The van der Waals surface area contributed by atoms with Crippen LogP contribution >= 0.6 is 0 Å². The van der Waals surface area contributed by atoms with Crippen molar-refractivity contribution in [2.24, 2.45) is 0 Å². The molecule has 25 heavy (non-hydrogen) atoms. The second kappa shape index (κ2) is 7.09. The number of carbonyl (C=O) groups excluding carboxylic acids is 1. The van der Waals surface area contributed by atoms with Gasteiger partial charge >= 0.3 is 5.97 Å². The van der Waals surface area contributed by atoms with Crippen LogP contribution in [0.2, 0.25) is 0 Å². The number of carbonyl (C=O) groups is 2. The number of aromatic nitrogens is 2. The number of amides is 1. The van der Waals surface area contributed by atoms with E-state index < -0.39 is 12.0 Å². The quantitative estimate of drug-likeness (QED) is 0.927. The number of hydrogen-bond acceptors (Lipinski definition) is 3. The third kappa shape index (κ3) is 3.43. The Labute approximate surface area is 147 Å². The fourth-order valence-corrected chi connectivity index (χ4v) is 3.49. The van der Waals surface area contributed by atoms with Gasteiger partial charge in [-0.25, -0.2) is 9.48 Å². The van der Waals surface area contributed by atoms with Crippen molar-refractivity contribution in [1.82, 2.24) is 14.7 Å². The molecule has 0 unspecified atom stereocenters. The minimum atomic E-state index is -0.915. The summed E-state index contributed by atoms with van der Waals surface area (Å²) in [5.41, 5.74) is 3.55. The topological polar surface area (TPSA) is 75.4 Å². The van der Waals surface area contributed by atoms with E-state index in [9.17, 15) is 14.7 Å². The van der Waals surface area contributed by atoms with E-state index in [2.05, 4.69) is 5.10 Å². The predicted molar refractivity (Wildman–Crippen MR) is 93.7 cm³/mol. The minimum absolute atomic E-state index is 0.133. The van der Waals surface area contributed by atoms with Crippen LogP contribution in [-0.4, -0.2) is 44.3 Å². The normalized spacial score (nSPS) is 17.5. The van der Waals surface area contributed by atoms with Gasteiger partial charge in [0.05, 0.1) is 17.8 Å². The molecule has 1 aromatic carbocycles. The van der Waals surface area contributed by atoms with E-state index >= 15 is 0 Å². The van der Waals surface area contributed by atoms with Gasteiger partial charge in [-0.2, -0.15) is 5.10 Å². The number of aryl methyl sites for hydroxylation is 1. The number of likely N-dealkylation sites (tertiary alicyclic amines) is 1. The minimum Gasteiger partial charge on any atom is -0.480 e. The Balaban J connectivity index is 1.84. The van der Waals surface area contributed by atoms with Crippen molar-refractivity contribution in [2.75, 3.05) is 6.54 Å². The lowest BCUT2D eigenvalue weighted by Crippen LogP contribution is -2.48. The summed E-state index contributed by atoms with van der Waals surface area (Å²) in [6.45, 7) is 4.35. The van der Waals surface area contributed by atoms with E-state index in [0.29, 0.717) is 13.0 Å². The number of rotatable bonds is 4. The highest BCUT2D eigenvalue weighted by molar-refractivity contribution is 5.85. The zero-order valence-corrected chi connectivity index (χ0v) is 14.6. The zero-order chi connectivity index (χ0) is 18.0. The van der Waals surface area contributed by atoms with Crippen LogP contribution < -0.4 is 0 Å². The number of benzene rings is 1. The standard InChI is InChI=1S/C19H23N3O3/c1-13-16(14(2)22(20-13)15-8-4-3-5-9-15)12-18(23)21-11-7-6-10-17(21)19(24)25/h3-5,8-9,17H,6-7,10-12H2,1-2H3,(H,24,25)/t17-/m1/s1. The average molecular weight is 341 g/mol. The van der Waals surface area contributed by atoms with Crippen LogP contribution in [-0.2, 0) is 16.0 Å². The van der Waals surface area contributed by atoms with Crippen LogP contribution in [0.3, 0.4) is 0 Å². The fraction of sp³-hybridized carbons (Fsp3) is 0.421. The monoisotopic (exact) mass is 341 g/mol. The van der Waals surface area contributed by atoms with Crippen LogP contribution in [0.4, 0.5) is 0 Å². The summed E-state index contributed by atoms with van der Waals surface area (Å²) in [6, 6.07) is 9.07. The molecule has 6 nitrogen and oxygen atoms in total. The van der Waals surface area contributed by atoms with Gasteiger partial charge in [0.2, 0.25) is 5.91 Å². The number of para-hydroxylation sites is 1. The average Bonchev–Trinajstić information content (AvgIpc) is 2.90. The van der Waals surface area contributed by atoms with E-state index in [4.69, 9.17) is 0 Å². The second-order valence-electron chi connectivity index (χ2n) is 6.51. The molecule has 132 valence electrons. The molecule has 2 aromatic rings. The highest BCUT2D eigenvalue weighted by Gasteiger charge is 2.32. The van der Waals surface area contributed by atoms with E-state index in [1.54, 1.807) is 0 Å². The van der Waals surface area contributed by atoms with Gasteiger partial charge in [0.25, 0.3) is 0 Å². The van der Waals surface area contributed by atoms with Crippen LogP contribution in [0.1, 0.15) is 36.2 Å². The van der Waals surface area contributed by atoms with Gasteiger partial charge in [0.1, 0.15) is 6.04 Å². The molecule has 1 amide bonds. The third-order valence-electron chi connectivity index (χ3n) is 4.88. The molecule has 0 radical (unpaired) electrons. The summed E-state index contributed by atoms with van der Waals surface area (Å²) in [7, 11) is 0. The molecule has 1 fully saturated rings. The second-order valence-corrected chi connectivity index (χ2v) is 6.51. The lowest BCUT2D eigenvalue weighted by atomic mass is 10.0. The Morgan fingerprint density at radius 1 is 1.20 bits per heavy atom. The summed E-state index contributed by atoms with van der Waals surface area (Å²) in [5, 5.41) is 13.9. The smallest absolute Gasteiger partial charge is 0.326 e. The van der Waals surface area contributed by atoms with Crippen molar-refractivity contribution in [3.8, 4) is 5.69 Å². The molecule has 6 heteroatoms. The van der Waals surface area contributed by atoms with Crippen molar-refractivity contribution in [1.29, 1.82) is 0 Å². The zero-order valence-electron chi connectivity index (χ0n) is 14.6. The van der Waals surface area contributed by atoms with Crippen LogP contribution in [0.5, 0.6) is 0 Å². The maximum Gasteiger partial charge on any atom is 0.326 e. The summed E-state index contributed by atoms with van der Waals surface area (Å²) in [5.74, 6) is -1.05. The first-order valence-corrected chi connectivity index (χ1v) is 8.62. The van der Waals surface area contributed by atoms with Crippen molar-refractivity contribution >= 4 is 11.9 Å². The van der Waals surface area contributed by atoms with E-state index in [0.717, 1.165) is 35.5 Å². The highest BCUT2D eigenvalue weighted by atomic mass is 16.4. The van der Waals surface area contributed by atoms with Gasteiger partial charge < -0.3 is 10.0 Å². The van der Waals surface area contributed by atoms with Gasteiger partial charge in [-0.1, -0.05) is 18.2 Å². The highest BCUT2D eigenvalue weighted by Crippen LogP contribution is 2.22. The summed E-state index contributed by atoms with van der Waals surface area (Å²) in [6.07, 6.45) is 2.43. The molecule has 0 bridgehead atoms. The van der Waals surface area contributed by atoms with Crippen molar-refractivity contribution < 1.29 is 14.7 Å². The molecular formula is C19H23N3O3. The number of hydrogen-bond donors (Lipinski definition) is 1. The molecule has 2 heterocycles. The first kappa shape index (κ1) is 17.2. The van der Waals surface area contributed by atoms with Crippen LogP contribution in [0, 0.1) is 13.8 Å². The Bertz CT molecular complexity index is 783. The molecule has 0 spiro atoms. The number of piperidine rings is 1. The number of carboxylic acid groups (broad SMARTS) is 1. The Morgan fingerprint density at radius 3 is 2.60 bits per heavy atom. The molecule has 1 aliphatic heterocycles. The molecule has 3 rings (SSSR count). The van der Waals surface area contributed by atoms with Gasteiger partial charge in [-0.3, -0.25) is 4.79 Å². The molecule has 0 aliphatic carbocycles. The summed E-state index contributed by atoms with van der Waals surface area (Å²) < 4.78 is 1.84. The van der Waals surface area contributed by atoms with Crippen molar-refractivity contribution in [2.45, 2.75) is 45.6 Å². The van der Waals surface area contributed by atoms with E-state index in [1.165, 1.54) is 4.90 Å². The molecule has 1 aliphatic rings. The van der Waals surface area contributed by atoms with Crippen molar-refractivity contribution in [3.05, 3.63) is 47.3 Å². The first-order chi connectivity index (χ1) is 12.0. The van der Waals surface area contributed by atoms with Gasteiger partial charge in [0, 0.05) is 17.8 Å². The van der Waals surface area contributed by atoms with E-state index in [1.807, 2.05) is 48.9 Å². The number of aliphatic carboxylic acids is 1. The van der Waals surface area contributed by atoms with Gasteiger partial charge in [-0.05, 0) is 45.2 Å². The van der Waals surface area contributed by atoms with Gasteiger partial charge in [-0.15, -0.1) is 0 Å². The van der Waals surface area contributed by atoms with Crippen molar-refractivity contribution in [3.63, 3.8) is 0 Å². The summed E-state index contributed by atoms with van der Waals surface area (Å²) >= 11 is 0. The SMILES string of the molecule is Cc1nn(-c2ccccc2)c(C)c1CC(=O)N1CCCC[C@@H]1C(=O)O. The number of carboxylic acids is 1. The third-order valence-corrected chi connectivity index (χ3v) is 4.88. The Kier molecular flexibility index (Phi) is 4.88. The van der Waals surface area contributed by atoms with Crippen LogP contribution in [0.25, 0.3) is 5.69 Å². The lowest BCUT2D eigenvalue weighted by molar-refractivity contribution is -0.151. The fourth-order valence-electron chi connectivity index (χ4n) is 3.49. The lowest BCUT2D eigenvalue weighted by Gasteiger charge is -2.33. The maximum atomic E-state index is 12.8. The summed E-state index contributed by atoms with van der Waals surface area (Å²) in [4.78, 5) is 25.7. The molecular weight excluding hydrogens is 318 g/mol. The molecule has 1 atom stereocenters. The number of nitrogens with zero attached hydrogens (tertiary/aromatic N) is 3. The maximum absolute atomic E-state index is 12.8. The molecule has 1 saturated heterocycles. The first-order valence-electron chi connectivity index (χ1n) is 8.62. The van der Waals surface area contributed by atoms with E-state index in [-0.39, 0.29) is 12.3 Å². The Hall–Kier alpha value is -2.63. The Morgan fingerprint density at radius 2 is 1.92 bits per heavy atom. The molecule has 1 aromatic heterocycles. The van der Waals surface area contributed by atoms with Crippen LogP contribution in [0.15, 0.2) is 30.3 Å². The molecule has 0 saturated carbocycles. The predicted octanol–water partition coefficient (Wildman–Crippen LogP) is 2.50.